The second kappa shape index (κ2) is 8.92. The molecule has 0 atom stereocenters. The summed E-state index contributed by atoms with van der Waals surface area (Å²) in [4.78, 5) is 16.9. The van der Waals surface area contributed by atoms with Gasteiger partial charge in [0, 0.05) is 17.1 Å². The van der Waals surface area contributed by atoms with Crippen LogP contribution in [-0.2, 0) is 0 Å². The molecule has 0 unspecified atom stereocenters. The maximum atomic E-state index is 12.5. The number of para-hydroxylation sites is 2. The molecule has 158 valence electrons. The minimum absolute atomic E-state index is 0.281. The summed E-state index contributed by atoms with van der Waals surface area (Å²) in [6, 6.07) is 14.4. The van der Waals surface area contributed by atoms with Crippen LogP contribution in [-0.4, -0.2) is 44.0 Å². The van der Waals surface area contributed by atoms with Crippen molar-refractivity contribution >= 4 is 22.6 Å². The minimum Gasteiger partial charge on any atom is -0.497 e. The number of hydrogen-bond acceptors (Lipinski definition) is 8. The van der Waals surface area contributed by atoms with Crippen LogP contribution >= 0.6 is 11.5 Å². The van der Waals surface area contributed by atoms with Gasteiger partial charge in [0.15, 0.2) is 11.5 Å². The molecule has 0 saturated carbocycles. The van der Waals surface area contributed by atoms with Crippen LogP contribution < -0.4 is 14.8 Å². The van der Waals surface area contributed by atoms with Crippen molar-refractivity contribution in [2.75, 3.05) is 19.0 Å². The highest BCUT2D eigenvalue weighted by atomic mass is 32.1. The lowest BCUT2D eigenvalue weighted by Crippen LogP contribution is -2.11. The topological polar surface area (TPSA) is 104 Å². The maximum absolute atomic E-state index is 12.5. The van der Waals surface area contributed by atoms with Gasteiger partial charge in [-0.3, -0.25) is 10.1 Å². The Labute approximate surface area is 182 Å². The van der Waals surface area contributed by atoms with E-state index in [0.717, 1.165) is 22.9 Å². The van der Waals surface area contributed by atoms with Crippen LogP contribution in [0.3, 0.4) is 0 Å². The molecule has 0 radical (unpaired) electrons. The molecule has 4 rings (SSSR count). The number of ether oxygens (including phenoxy) is 2. The number of nitrogens with one attached hydrogen (secondary N) is 1. The van der Waals surface area contributed by atoms with Crippen LogP contribution in [0.4, 0.5) is 5.13 Å². The Morgan fingerprint density at radius 3 is 2.68 bits per heavy atom. The van der Waals surface area contributed by atoms with E-state index in [1.807, 2.05) is 38.1 Å². The van der Waals surface area contributed by atoms with Crippen LogP contribution in [0.2, 0.25) is 0 Å². The third-order valence-corrected chi connectivity index (χ3v) is 5.13. The fourth-order valence-corrected chi connectivity index (χ4v) is 3.52. The molecule has 31 heavy (non-hydrogen) atoms. The first kappa shape index (κ1) is 20.5. The van der Waals surface area contributed by atoms with E-state index in [1.165, 1.54) is 0 Å². The van der Waals surface area contributed by atoms with Gasteiger partial charge >= 0.3 is 0 Å². The number of benzene rings is 2. The van der Waals surface area contributed by atoms with Crippen molar-refractivity contribution in [1.29, 1.82) is 0 Å². The van der Waals surface area contributed by atoms with Crippen molar-refractivity contribution in [1.82, 2.24) is 24.4 Å². The van der Waals surface area contributed by atoms with E-state index in [1.54, 1.807) is 36.1 Å². The molecular formula is C21H20N6O3S. The van der Waals surface area contributed by atoms with E-state index in [4.69, 9.17) is 9.47 Å². The number of carbonyl (C=O) groups is 1. The Balaban J connectivity index is 1.55. The second-order valence-electron chi connectivity index (χ2n) is 6.44. The van der Waals surface area contributed by atoms with Gasteiger partial charge in [0.1, 0.15) is 17.2 Å². The highest BCUT2D eigenvalue weighted by Gasteiger charge is 2.19. The number of aromatic nitrogens is 5. The number of amides is 1. The molecule has 2 heterocycles. The fraction of sp³-hybridized carbons (Fsp3) is 0.190. The first-order valence-electron chi connectivity index (χ1n) is 9.54. The number of methoxy groups -OCH3 is 1. The normalized spacial score (nSPS) is 10.7. The molecule has 9 nitrogen and oxygen atoms in total. The van der Waals surface area contributed by atoms with Crippen molar-refractivity contribution in [2.24, 2.45) is 0 Å². The Bertz CT molecular complexity index is 1200. The SMILES string of the molecule is CCOc1ccccc1-n1nnc(-c2nsc(NC(=O)c3ccc(OC)cc3)n2)c1C. The molecule has 1 N–H and O–H groups in total. The number of nitrogens with zero attached hydrogens (tertiary/aromatic N) is 5. The van der Waals surface area contributed by atoms with E-state index in [0.29, 0.717) is 40.3 Å². The molecule has 1 amide bonds. The summed E-state index contributed by atoms with van der Waals surface area (Å²) >= 11 is 1.08. The van der Waals surface area contributed by atoms with Crippen molar-refractivity contribution in [3.63, 3.8) is 0 Å². The molecule has 2 aromatic heterocycles. The van der Waals surface area contributed by atoms with E-state index < -0.39 is 0 Å². The molecular weight excluding hydrogens is 416 g/mol. The molecule has 4 aromatic rings. The molecule has 0 spiro atoms. The van der Waals surface area contributed by atoms with Crippen molar-refractivity contribution < 1.29 is 14.3 Å². The van der Waals surface area contributed by atoms with Crippen LogP contribution in [0.5, 0.6) is 11.5 Å². The number of carbonyl (C=O) groups excluding carboxylic acids is 1. The largest absolute Gasteiger partial charge is 0.497 e. The molecule has 0 aliphatic heterocycles. The lowest BCUT2D eigenvalue weighted by molar-refractivity contribution is 0.102. The first-order chi connectivity index (χ1) is 15.1. The van der Waals surface area contributed by atoms with Gasteiger partial charge in [0.05, 0.1) is 19.4 Å². The van der Waals surface area contributed by atoms with E-state index >= 15 is 0 Å². The predicted molar refractivity (Wildman–Crippen MR) is 117 cm³/mol. The second-order valence-corrected chi connectivity index (χ2v) is 7.19. The van der Waals surface area contributed by atoms with Gasteiger partial charge in [-0.15, -0.1) is 5.10 Å². The average molecular weight is 436 g/mol. The molecule has 0 saturated heterocycles. The lowest BCUT2D eigenvalue weighted by atomic mass is 10.2. The van der Waals surface area contributed by atoms with Crippen LogP contribution in [0.1, 0.15) is 23.0 Å². The average Bonchev–Trinajstić information content (AvgIpc) is 3.40. The molecule has 0 aliphatic rings. The van der Waals surface area contributed by atoms with Crippen molar-refractivity contribution in [3.05, 3.63) is 59.8 Å². The minimum atomic E-state index is -0.281. The number of anilines is 1. The highest BCUT2D eigenvalue weighted by molar-refractivity contribution is 7.10. The summed E-state index contributed by atoms with van der Waals surface area (Å²) in [6.45, 7) is 4.36. The Morgan fingerprint density at radius 2 is 1.94 bits per heavy atom. The van der Waals surface area contributed by atoms with Gasteiger partial charge in [-0.05, 0) is 50.2 Å². The quantitative estimate of drug-likeness (QED) is 0.470. The number of hydrogen-bond donors (Lipinski definition) is 1. The van der Waals surface area contributed by atoms with Gasteiger partial charge in [-0.25, -0.2) is 4.68 Å². The van der Waals surface area contributed by atoms with Gasteiger partial charge in [-0.1, -0.05) is 17.3 Å². The standard InChI is InChI=1S/C21H20N6O3S/c1-4-30-17-8-6-5-7-16(17)27-13(2)18(24-26-27)19-22-21(31-25-19)23-20(28)14-9-11-15(29-3)12-10-14/h5-12H,4H2,1-3H3,(H,22,23,25,28). The summed E-state index contributed by atoms with van der Waals surface area (Å²) in [5.74, 6) is 1.51. The van der Waals surface area contributed by atoms with E-state index in [-0.39, 0.29) is 5.91 Å². The Hall–Kier alpha value is -3.79. The summed E-state index contributed by atoms with van der Waals surface area (Å²) in [5, 5.41) is 11.6. The summed E-state index contributed by atoms with van der Waals surface area (Å²) < 4.78 is 16.8. The fourth-order valence-electron chi connectivity index (χ4n) is 2.96. The lowest BCUT2D eigenvalue weighted by Gasteiger charge is -2.10. The van der Waals surface area contributed by atoms with Gasteiger partial charge in [0.25, 0.3) is 5.91 Å². The summed E-state index contributed by atoms with van der Waals surface area (Å²) in [5.41, 5.74) is 2.57. The molecule has 0 aliphatic carbocycles. The summed E-state index contributed by atoms with van der Waals surface area (Å²) in [6.07, 6.45) is 0. The van der Waals surface area contributed by atoms with Crippen LogP contribution in [0.25, 0.3) is 17.2 Å². The third-order valence-electron chi connectivity index (χ3n) is 4.50. The molecule has 0 fully saturated rings. The van der Waals surface area contributed by atoms with E-state index in [9.17, 15) is 4.79 Å². The molecule has 2 aromatic carbocycles. The zero-order valence-electron chi connectivity index (χ0n) is 17.2. The molecule has 10 heteroatoms. The van der Waals surface area contributed by atoms with Crippen LogP contribution in [0.15, 0.2) is 48.5 Å². The van der Waals surface area contributed by atoms with E-state index in [2.05, 4.69) is 25.0 Å². The first-order valence-corrected chi connectivity index (χ1v) is 10.3. The smallest absolute Gasteiger partial charge is 0.257 e. The highest BCUT2D eigenvalue weighted by Crippen LogP contribution is 2.28. The zero-order chi connectivity index (χ0) is 21.8. The van der Waals surface area contributed by atoms with Gasteiger partial charge in [0.2, 0.25) is 5.13 Å². The zero-order valence-corrected chi connectivity index (χ0v) is 18.0. The summed E-state index contributed by atoms with van der Waals surface area (Å²) in [7, 11) is 1.57. The van der Waals surface area contributed by atoms with Gasteiger partial charge in [-0.2, -0.15) is 9.36 Å². The molecule has 0 bridgehead atoms. The van der Waals surface area contributed by atoms with Gasteiger partial charge < -0.3 is 9.47 Å². The maximum Gasteiger partial charge on any atom is 0.257 e. The van der Waals surface area contributed by atoms with Crippen LogP contribution in [0, 0.1) is 6.92 Å². The third kappa shape index (κ3) is 4.24. The van der Waals surface area contributed by atoms with Crippen molar-refractivity contribution in [3.8, 4) is 28.7 Å². The Kier molecular flexibility index (Phi) is 5.89. The monoisotopic (exact) mass is 436 g/mol. The Morgan fingerprint density at radius 1 is 1.16 bits per heavy atom. The predicted octanol–water partition coefficient (Wildman–Crippen LogP) is 3.75. The number of rotatable bonds is 7. The van der Waals surface area contributed by atoms with Crippen molar-refractivity contribution in [2.45, 2.75) is 13.8 Å².